The number of thiophene rings is 1. The van der Waals surface area contributed by atoms with E-state index in [-0.39, 0.29) is 5.71 Å². The topological polar surface area (TPSA) is 108 Å². The number of nitrogens with two attached hydrogens (primary N) is 1. The van der Waals surface area contributed by atoms with Crippen molar-refractivity contribution in [3.05, 3.63) is 77.1 Å². The number of H-pyrrole nitrogens is 1. The Labute approximate surface area is 189 Å². The monoisotopic (exact) mass is 439 g/mol. The molecule has 0 unspecified atom stereocenters. The fraction of sp³-hybridized carbons (Fsp3) is 0.0833. The molecule has 0 amide bonds. The number of hydrogen-bond donors (Lipinski definition) is 3. The first-order chi connectivity index (χ1) is 15.5. The Hall–Kier alpha value is -4.04. The van der Waals surface area contributed by atoms with Gasteiger partial charge in [0.1, 0.15) is 16.9 Å². The highest BCUT2D eigenvalue weighted by Gasteiger charge is 2.18. The predicted molar refractivity (Wildman–Crippen MR) is 132 cm³/mol. The van der Waals surface area contributed by atoms with Gasteiger partial charge in [-0.05, 0) is 46.7 Å². The quantitative estimate of drug-likeness (QED) is 0.341. The molecular weight excluding hydrogens is 418 g/mol. The van der Waals surface area contributed by atoms with Crippen LogP contribution in [0.2, 0.25) is 0 Å². The third-order valence-electron chi connectivity index (χ3n) is 5.28. The Balaban J connectivity index is 1.56. The van der Waals surface area contributed by atoms with Crippen LogP contribution in [0, 0.1) is 5.41 Å². The number of aromatic amines is 1. The van der Waals surface area contributed by atoms with E-state index in [9.17, 15) is 0 Å². The summed E-state index contributed by atoms with van der Waals surface area (Å²) in [6.07, 6.45) is 3.51. The van der Waals surface area contributed by atoms with E-state index in [4.69, 9.17) is 21.1 Å². The van der Waals surface area contributed by atoms with Gasteiger partial charge in [-0.2, -0.15) is 11.3 Å². The van der Waals surface area contributed by atoms with Crippen LogP contribution in [-0.2, 0) is 0 Å². The fourth-order valence-electron chi connectivity index (χ4n) is 3.57. The minimum atomic E-state index is 0.139. The number of nitrogen functional groups attached to an aromatic ring is 1. The number of nitrogens with zero attached hydrogens (tertiary/aromatic N) is 4. The molecule has 0 fully saturated rings. The summed E-state index contributed by atoms with van der Waals surface area (Å²) in [5.74, 6) is 0.405. The number of aromatic nitrogens is 4. The van der Waals surface area contributed by atoms with E-state index in [0.29, 0.717) is 17.2 Å². The number of benzene rings is 1. The van der Waals surface area contributed by atoms with E-state index in [1.54, 1.807) is 29.8 Å². The van der Waals surface area contributed by atoms with Crippen molar-refractivity contribution in [3.8, 4) is 22.4 Å². The Morgan fingerprint density at radius 1 is 1.06 bits per heavy atom. The summed E-state index contributed by atoms with van der Waals surface area (Å²) in [6.45, 7) is 0. The molecule has 1 aromatic carbocycles. The van der Waals surface area contributed by atoms with Crippen molar-refractivity contribution in [2.24, 2.45) is 0 Å². The SMILES string of the molecule is CN(C)c1cccc(-c2ccc(N)c(C(=N)c3nc4c(-c5ccsc5)cncc4[nH]3)n2)c1. The maximum atomic E-state index is 8.80. The largest absolute Gasteiger partial charge is 0.397 e. The van der Waals surface area contributed by atoms with Crippen LogP contribution in [-0.4, -0.2) is 39.7 Å². The Morgan fingerprint density at radius 2 is 1.94 bits per heavy atom. The summed E-state index contributed by atoms with van der Waals surface area (Å²) in [5, 5.41) is 12.9. The number of hydrogen-bond acceptors (Lipinski definition) is 7. The zero-order chi connectivity index (χ0) is 22.2. The van der Waals surface area contributed by atoms with Crippen molar-refractivity contribution >= 4 is 39.5 Å². The Kier molecular flexibility index (Phi) is 4.91. The molecule has 32 heavy (non-hydrogen) atoms. The van der Waals surface area contributed by atoms with Gasteiger partial charge >= 0.3 is 0 Å². The normalized spacial score (nSPS) is 11.1. The number of anilines is 2. The van der Waals surface area contributed by atoms with Gasteiger partial charge in [0.15, 0.2) is 5.82 Å². The van der Waals surface area contributed by atoms with Crippen LogP contribution >= 0.6 is 11.3 Å². The number of pyridine rings is 2. The molecule has 5 rings (SSSR count). The third kappa shape index (κ3) is 3.50. The lowest BCUT2D eigenvalue weighted by Gasteiger charge is -2.14. The molecule has 0 atom stereocenters. The van der Waals surface area contributed by atoms with Crippen LogP contribution in [0.1, 0.15) is 11.5 Å². The Bertz CT molecular complexity index is 1430. The molecule has 0 aliphatic rings. The third-order valence-corrected chi connectivity index (χ3v) is 5.97. The van der Waals surface area contributed by atoms with Gasteiger partial charge < -0.3 is 15.6 Å². The van der Waals surface area contributed by atoms with E-state index in [1.165, 1.54) is 0 Å². The van der Waals surface area contributed by atoms with Gasteiger partial charge in [-0.3, -0.25) is 10.4 Å². The summed E-state index contributed by atoms with van der Waals surface area (Å²) in [6, 6.07) is 13.8. The summed E-state index contributed by atoms with van der Waals surface area (Å²) >= 11 is 1.62. The first-order valence-electron chi connectivity index (χ1n) is 10.0. The van der Waals surface area contributed by atoms with Gasteiger partial charge in [0.05, 0.1) is 23.1 Å². The van der Waals surface area contributed by atoms with Crippen LogP contribution in [0.25, 0.3) is 33.4 Å². The second kappa shape index (κ2) is 7.90. The van der Waals surface area contributed by atoms with Crippen LogP contribution in [0.15, 0.2) is 65.6 Å². The maximum absolute atomic E-state index is 8.80. The first kappa shape index (κ1) is 19.9. The minimum absolute atomic E-state index is 0.139. The summed E-state index contributed by atoms with van der Waals surface area (Å²) in [7, 11) is 3.99. The second-order valence-corrected chi connectivity index (χ2v) is 8.41. The van der Waals surface area contributed by atoms with Gasteiger partial charge in [-0.1, -0.05) is 12.1 Å². The van der Waals surface area contributed by atoms with Gasteiger partial charge in [-0.15, -0.1) is 0 Å². The minimum Gasteiger partial charge on any atom is -0.397 e. The summed E-state index contributed by atoms with van der Waals surface area (Å²) in [5.41, 5.74) is 13.5. The number of nitrogens with one attached hydrogen (secondary N) is 2. The van der Waals surface area contributed by atoms with Crippen molar-refractivity contribution in [2.45, 2.75) is 0 Å². The molecule has 4 heterocycles. The molecule has 0 saturated carbocycles. The summed E-state index contributed by atoms with van der Waals surface area (Å²) < 4.78 is 0. The molecule has 0 aliphatic heterocycles. The zero-order valence-electron chi connectivity index (χ0n) is 17.6. The van der Waals surface area contributed by atoms with Gasteiger partial charge in [0.25, 0.3) is 0 Å². The van der Waals surface area contributed by atoms with Crippen molar-refractivity contribution in [2.75, 3.05) is 24.7 Å². The van der Waals surface area contributed by atoms with Crippen molar-refractivity contribution in [1.29, 1.82) is 5.41 Å². The molecule has 0 saturated heterocycles. The predicted octanol–water partition coefficient (Wildman–Crippen LogP) is 4.81. The summed E-state index contributed by atoms with van der Waals surface area (Å²) in [4.78, 5) is 19.0. The number of fused-ring (bicyclic) bond motifs is 1. The lowest BCUT2D eigenvalue weighted by atomic mass is 10.1. The molecule has 0 bridgehead atoms. The standard InChI is InChI=1S/C24H21N7S/c1-31(2)16-5-3-4-14(10-16)19-7-6-18(25)23(28-19)21(26)24-29-20-12-27-11-17(22(20)30-24)15-8-9-32-13-15/h3-13,26H,25H2,1-2H3,(H,29,30). The molecule has 4 N–H and O–H groups in total. The van der Waals surface area contributed by atoms with Gasteiger partial charge in [-0.25, -0.2) is 9.97 Å². The average Bonchev–Trinajstić information content (AvgIpc) is 3.49. The zero-order valence-corrected chi connectivity index (χ0v) is 18.4. The molecule has 158 valence electrons. The molecule has 7 nitrogen and oxygen atoms in total. The lowest BCUT2D eigenvalue weighted by Crippen LogP contribution is -2.11. The molecule has 5 aromatic rings. The molecule has 4 aromatic heterocycles. The van der Waals surface area contributed by atoms with Crippen molar-refractivity contribution in [3.63, 3.8) is 0 Å². The van der Waals surface area contributed by atoms with Gasteiger partial charge in [0, 0.05) is 37.1 Å². The average molecular weight is 440 g/mol. The van der Waals surface area contributed by atoms with Gasteiger partial charge in [0.2, 0.25) is 0 Å². The molecule has 8 heteroatoms. The van der Waals surface area contributed by atoms with Crippen LogP contribution < -0.4 is 10.6 Å². The van der Waals surface area contributed by atoms with Crippen molar-refractivity contribution < 1.29 is 0 Å². The van der Waals surface area contributed by atoms with Crippen LogP contribution in [0.4, 0.5) is 11.4 Å². The first-order valence-corrected chi connectivity index (χ1v) is 11.0. The number of imidazole rings is 1. The molecular formula is C24H21N7S. The molecule has 0 radical (unpaired) electrons. The van der Waals surface area contributed by atoms with Crippen LogP contribution in [0.3, 0.4) is 0 Å². The van der Waals surface area contributed by atoms with E-state index in [2.05, 4.69) is 21.4 Å². The van der Waals surface area contributed by atoms with E-state index < -0.39 is 0 Å². The molecule has 0 spiro atoms. The Morgan fingerprint density at radius 3 is 2.72 bits per heavy atom. The smallest absolute Gasteiger partial charge is 0.158 e. The van der Waals surface area contributed by atoms with E-state index >= 15 is 0 Å². The highest BCUT2D eigenvalue weighted by atomic mass is 32.1. The maximum Gasteiger partial charge on any atom is 0.158 e. The highest BCUT2D eigenvalue weighted by Crippen LogP contribution is 2.29. The van der Waals surface area contributed by atoms with Crippen LogP contribution in [0.5, 0.6) is 0 Å². The lowest BCUT2D eigenvalue weighted by molar-refractivity contribution is 1.13. The van der Waals surface area contributed by atoms with E-state index in [0.717, 1.165) is 39.1 Å². The second-order valence-electron chi connectivity index (χ2n) is 7.63. The fourth-order valence-corrected chi connectivity index (χ4v) is 4.22. The number of rotatable bonds is 5. The van der Waals surface area contributed by atoms with Crippen molar-refractivity contribution in [1.82, 2.24) is 19.9 Å². The highest BCUT2D eigenvalue weighted by molar-refractivity contribution is 7.08. The molecule has 0 aliphatic carbocycles. The van der Waals surface area contributed by atoms with E-state index in [1.807, 2.05) is 54.7 Å².